The molecule has 0 heterocycles. The van der Waals surface area contributed by atoms with Crippen molar-refractivity contribution in [3.63, 3.8) is 0 Å². The lowest BCUT2D eigenvalue weighted by Gasteiger charge is -2.09. The van der Waals surface area contributed by atoms with Crippen LogP contribution in [0.5, 0.6) is 0 Å². The predicted octanol–water partition coefficient (Wildman–Crippen LogP) is 2.83. The number of rotatable bonds is 5. The van der Waals surface area contributed by atoms with Crippen molar-refractivity contribution in [1.82, 2.24) is 0 Å². The van der Waals surface area contributed by atoms with Crippen LogP contribution < -0.4 is 5.32 Å². The second kappa shape index (κ2) is 5.69. The summed E-state index contributed by atoms with van der Waals surface area (Å²) in [5.74, 6) is -0.403. The Hall–Kier alpha value is -2.10. The number of carbonyl (C=O) groups excluding carboxylic acids is 1. The number of anilines is 1. The van der Waals surface area contributed by atoms with Crippen LogP contribution in [0.25, 0.3) is 6.08 Å². The molecule has 1 aromatic carbocycles. The van der Waals surface area contributed by atoms with Crippen molar-refractivity contribution in [3.8, 4) is 0 Å². The van der Waals surface area contributed by atoms with Crippen molar-refractivity contribution < 1.29 is 14.7 Å². The van der Waals surface area contributed by atoms with Gasteiger partial charge in [-0.05, 0) is 49.0 Å². The third-order valence-corrected chi connectivity index (χ3v) is 3.13. The van der Waals surface area contributed by atoms with Crippen molar-refractivity contribution in [2.24, 2.45) is 5.92 Å². The Bertz CT molecular complexity index is 530. The molecule has 1 aliphatic carbocycles. The smallest absolute Gasteiger partial charge is 0.328 e. The van der Waals surface area contributed by atoms with E-state index in [-0.39, 0.29) is 5.91 Å². The molecule has 0 spiro atoms. The highest BCUT2D eigenvalue weighted by Gasteiger charge is 2.24. The van der Waals surface area contributed by atoms with E-state index in [1.165, 1.54) is 6.08 Å². The van der Waals surface area contributed by atoms with Crippen LogP contribution in [-0.2, 0) is 9.59 Å². The minimum atomic E-state index is -0.986. The number of hydrogen-bond donors (Lipinski definition) is 2. The fourth-order valence-corrected chi connectivity index (χ4v) is 1.83. The number of aliphatic carboxylic acids is 1. The molecule has 0 aromatic heterocycles. The average molecular weight is 259 g/mol. The number of amides is 1. The Morgan fingerprint density at radius 3 is 2.79 bits per heavy atom. The lowest BCUT2D eigenvalue weighted by atomic mass is 10.1. The minimum absolute atomic E-state index is 0.0324. The van der Waals surface area contributed by atoms with E-state index >= 15 is 0 Å². The summed E-state index contributed by atoms with van der Waals surface area (Å²) in [5, 5.41) is 11.5. The van der Waals surface area contributed by atoms with E-state index in [2.05, 4.69) is 5.32 Å². The molecule has 1 saturated carbocycles. The molecule has 2 N–H and O–H groups in total. The van der Waals surface area contributed by atoms with Crippen molar-refractivity contribution in [1.29, 1.82) is 0 Å². The zero-order valence-corrected chi connectivity index (χ0v) is 10.8. The van der Waals surface area contributed by atoms with Gasteiger partial charge in [0.15, 0.2) is 0 Å². The van der Waals surface area contributed by atoms with Crippen LogP contribution >= 0.6 is 0 Å². The zero-order chi connectivity index (χ0) is 13.8. The number of carbonyl (C=O) groups is 2. The summed E-state index contributed by atoms with van der Waals surface area (Å²) in [6.07, 6.45) is 5.47. The van der Waals surface area contributed by atoms with E-state index in [1.807, 2.05) is 19.1 Å². The topological polar surface area (TPSA) is 66.4 Å². The molecule has 1 amide bonds. The molecule has 0 aliphatic heterocycles. The second-order valence-electron chi connectivity index (χ2n) is 4.94. The molecule has 4 heteroatoms. The zero-order valence-electron chi connectivity index (χ0n) is 10.8. The van der Waals surface area contributed by atoms with Crippen LogP contribution in [0, 0.1) is 12.8 Å². The molecule has 100 valence electrons. The number of carboxylic acid groups (broad SMARTS) is 1. The largest absolute Gasteiger partial charge is 0.478 e. The van der Waals surface area contributed by atoms with E-state index in [1.54, 1.807) is 6.07 Å². The molecular weight excluding hydrogens is 242 g/mol. The number of nitrogens with one attached hydrogen (secondary N) is 1. The summed E-state index contributed by atoms with van der Waals surface area (Å²) in [6, 6.07) is 5.49. The van der Waals surface area contributed by atoms with E-state index in [9.17, 15) is 9.59 Å². The van der Waals surface area contributed by atoms with Gasteiger partial charge in [0, 0.05) is 18.2 Å². The molecule has 0 radical (unpaired) electrons. The van der Waals surface area contributed by atoms with E-state index in [0.29, 0.717) is 12.3 Å². The first-order valence-corrected chi connectivity index (χ1v) is 6.36. The molecule has 4 nitrogen and oxygen atoms in total. The van der Waals surface area contributed by atoms with Gasteiger partial charge in [-0.25, -0.2) is 4.79 Å². The molecule has 19 heavy (non-hydrogen) atoms. The molecular formula is C15H17NO3. The van der Waals surface area contributed by atoms with Gasteiger partial charge in [0.05, 0.1) is 0 Å². The lowest BCUT2D eigenvalue weighted by molar-refractivity contribution is -0.131. The Labute approximate surface area is 112 Å². The summed E-state index contributed by atoms with van der Waals surface area (Å²) < 4.78 is 0. The van der Waals surface area contributed by atoms with Gasteiger partial charge in [0.1, 0.15) is 0 Å². The van der Waals surface area contributed by atoms with Crippen LogP contribution in [0.15, 0.2) is 24.3 Å². The Morgan fingerprint density at radius 1 is 1.42 bits per heavy atom. The molecule has 0 atom stereocenters. The van der Waals surface area contributed by atoms with Crippen LogP contribution in [-0.4, -0.2) is 17.0 Å². The van der Waals surface area contributed by atoms with Gasteiger partial charge in [-0.15, -0.1) is 0 Å². The number of benzene rings is 1. The number of carboxylic acids is 1. The van der Waals surface area contributed by atoms with Crippen LogP contribution in [0.1, 0.15) is 30.4 Å². The van der Waals surface area contributed by atoms with Gasteiger partial charge in [-0.3, -0.25) is 4.79 Å². The molecule has 0 unspecified atom stereocenters. The summed E-state index contributed by atoms with van der Waals surface area (Å²) in [7, 11) is 0. The van der Waals surface area contributed by atoms with Gasteiger partial charge in [-0.2, -0.15) is 0 Å². The van der Waals surface area contributed by atoms with Crippen molar-refractivity contribution >= 4 is 23.6 Å². The monoisotopic (exact) mass is 259 g/mol. The fourth-order valence-electron chi connectivity index (χ4n) is 1.83. The molecule has 1 aliphatic rings. The van der Waals surface area contributed by atoms with Crippen molar-refractivity contribution in [2.75, 3.05) is 5.32 Å². The molecule has 1 fully saturated rings. The Kier molecular flexibility index (Phi) is 4.00. The average Bonchev–Trinajstić information content (AvgIpc) is 3.14. The van der Waals surface area contributed by atoms with Crippen molar-refractivity contribution in [2.45, 2.75) is 26.2 Å². The summed E-state index contributed by atoms with van der Waals surface area (Å²) in [4.78, 5) is 22.2. The third-order valence-electron chi connectivity index (χ3n) is 3.13. The van der Waals surface area contributed by atoms with E-state index in [4.69, 9.17) is 5.11 Å². The van der Waals surface area contributed by atoms with Crippen molar-refractivity contribution in [3.05, 3.63) is 35.4 Å². The Balaban J connectivity index is 2.07. The first-order valence-electron chi connectivity index (χ1n) is 6.36. The first kappa shape index (κ1) is 13.3. The maximum absolute atomic E-state index is 11.8. The standard InChI is InChI=1S/C15H17NO3/c1-10-2-3-11(6-7-15(18)19)8-13(10)16-14(17)9-12-4-5-12/h2-3,6-8,12H,4-5,9H2,1H3,(H,16,17)(H,18,19). The third kappa shape index (κ3) is 4.25. The molecule has 0 bridgehead atoms. The van der Waals surface area contributed by atoms with Gasteiger partial charge >= 0.3 is 5.97 Å². The highest BCUT2D eigenvalue weighted by atomic mass is 16.4. The molecule has 0 saturated heterocycles. The summed E-state index contributed by atoms with van der Waals surface area (Å²) in [5.41, 5.74) is 2.48. The fraction of sp³-hybridized carbons (Fsp3) is 0.333. The summed E-state index contributed by atoms with van der Waals surface area (Å²) in [6.45, 7) is 1.91. The normalized spacial score (nSPS) is 14.6. The van der Waals surface area contributed by atoms with Gasteiger partial charge in [-0.1, -0.05) is 12.1 Å². The minimum Gasteiger partial charge on any atom is -0.478 e. The first-order chi connectivity index (χ1) is 9.04. The molecule has 1 aromatic rings. The number of aryl methyl sites for hydroxylation is 1. The van der Waals surface area contributed by atoms with E-state index in [0.717, 1.165) is 35.7 Å². The lowest BCUT2D eigenvalue weighted by Crippen LogP contribution is -2.12. The second-order valence-corrected chi connectivity index (χ2v) is 4.94. The van der Waals surface area contributed by atoms with Crippen LogP contribution in [0.3, 0.4) is 0 Å². The predicted molar refractivity (Wildman–Crippen MR) is 73.8 cm³/mol. The SMILES string of the molecule is Cc1ccc(C=CC(=O)O)cc1NC(=O)CC1CC1. The maximum atomic E-state index is 11.8. The van der Waals surface area contributed by atoms with E-state index < -0.39 is 5.97 Å². The summed E-state index contributed by atoms with van der Waals surface area (Å²) >= 11 is 0. The quantitative estimate of drug-likeness (QED) is 0.799. The Morgan fingerprint density at radius 2 is 2.16 bits per heavy atom. The maximum Gasteiger partial charge on any atom is 0.328 e. The van der Waals surface area contributed by atoms with Gasteiger partial charge in [0.25, 0.3) is 0 Å². The van der Waals surface area contributed by atoms with Gasteiger partial charge in [0.2, 0.25) is 5.91 Å². The number of hydrogen-bond acceptors (Lipinski definition) is 2. The van der Waals surface area contributed by atoms with Crippen LogP contribution in [0.2, 0.25) is 0 Å². The highest BCUT2D eigenvalue weighted by molar-refractivity contribution is 5.92. The van der Waals surface area contributed by atoms with Crippen LogP contribution in [0.4, 0.5) is 5.69 Å². The highest BCUT2D eigenvalue weighted by Crippen LogP contribution is 2.32. The molecule has 2 rings (SSSR count). The van der Waals surface area contributed by atoms with Gasteiger partial charge < -0.3 is 10.4 Å².